The van der Waals surface area contributed by atoms with Crippen LogP contribution in [0.1, 0.15) is 44.2 Å². The Hall–Kier alpha value is -1.83. The summed E-state index contributed by atoms with van der Waals surface area (Å²) in [6.07, 6.45) is 4.76. The van der Waals surface area contributed by atoms with Crippen LogP contribution in [0.5, 0.6) is 5.75 Å². The molecule has 168 valence electrons. The number of ether oxygens (including phenoxy) is 3. The minimum absolute atomic E-state index is 0.267. The van der Waals surface area contributed by atoms with Gasteiger partial charge in [-0.1, -0.05) is 12.1 Å². The molecule has 2 unspecified atom stereocenters. The minimum atomic E-state index is 0.267. The third-order valence-corrected chi connectivity index (χ3v) is 5.68. The van der Waals surface area contributed by atoms with Crippen LogP contribution in [0.4, 0.5) is 0 Å². The Balaban J connectivity index is 1.54. The van der Waals surface area contributed by atoms with E-state index in [1.807, 2.05) is 6.07 Å². The first-order chi connectivity index (χ1) is 14.8. The number of methoxy groups -OCH3 is 1. The summed E-state index contributed by atoms with van der Waals surface area (Å²) in [4.78, 5) is 7.46. The van der Waals surface area contributed by atoms with Crippen LogP contribution < -0.4 is 15.4 Å². The van der Waals surface area contributed by atoms with Crippen molar-refractivity contribution in [2.75, 3.05) is 59.7 Å². The van der Waals surface area contributed by atoms with Crippen LogP contribution in [-0.2, 0) is 9.47 Å². The first kappa shape index (κ1) is 22.8. The Morgan fingerprint density at radius 3 is 2.90 bits per heavy atom. The molecule has 7 heteroatoms. The van der Waals surface area contributed by atoms with Gasteiger partial charge in [0, 0.05) is 26.3 Å². The largest absolute Gasteiger partial charge is 0.497 e. The quantitative estimate of drug-likeness (QED) is 0.327. The molecule has 0 bridgehead atoms. The molecular formula is C23H38N4O3. The lowest BCUT2D eigenvalue weighted by molar-refractivity contribution is 0.0420. The summed E-state index contributed by atoms with van der Waals surface area (Å²) >= 11 is 0. The lowest BCUT2D eigenvalue weighted by Gasteiger charge is -2.27. The predicted molar refractivity (Wildman–Crippen MR) is 120 cm³/mol. The van der Waals surface area contributed by atoms with E-state index in [2.05, 4.69) is 40.7 Å². The van der Waals surface area contributed by atoms with E-state index in [0.717, 1.165) is 77.1 Å². The summed E-state index contributed by atoms with van der Waals surface area (Å²) in [5, 5.41) is 6.82. The second-order valence-electron chi connectivity index (χ2n) is 7.89. The molecule has 0 radical (unpaired) electrons. The van der Waals surface area contributed by atoms with Crippen molar-refractivity contribution in [3.8, 4) is 5.75 Å². The molecule has 2 fully saturated rings. The zero-order chi connectivity index (χ0) is 21.0. The van der Waals surface area contributed by atoms with E-state index in [4.69, 9.17) is 19.2 Å². The zero-order valence-corrected chi connectivity index (χ0v) is 18.6. The van der Waals surface area contributed by atoms with Gasteiger partial charge in [-0.05, 0) is 63.4 Å². The number of aliphatic imine (C=N–C) groups is 1. The van der Waals surface area contributed by atoms with Crippen LogP contribution in [0, 0.1) is 0 Å². The van der Waals surface area contributed by atoms with E-state index >= 15 is 0 Å². The molecule has 3 rings (SSSR count). The maximum Gasteiger partial charge on any atom is 0.191 e. The Morgan fingerprint density at radius 2 is 2.17 bits per heavy atom. The maximum absolute atomic E-state index is 5.85. The van der Waals surface area contributed by atoms with E-state index in [0.29, 0.717) is 0 Å². The van der Waals surface area contributed by atoms with Gasteiger partial charge in [0.2, 0.25) is 0 Å². The van der Waals surface area contributed by atoms with Gasteiger partial charge in [-0.15, -0.1) is 0 Å². The number of nitrogens with zero attached hydrogens (tertiary/aromatic N) is 2. The number of likely N-dealkylation sites (tertiary alicyclic amines) is 1. The average Bonchev–Trinajstić information content (AvgIpc) is 3.48. The van der Waals surface area contributed by atoms with Gasteiger partial charge in [-0.2, -0.15) is 0 Å². The van der Waals surface area contributed by atoms with E-state index in [1.165, 1.54) is 18.4 Å². The average molecular weight is 419 g/mol. The van der Waals surface area contributed by atoms with Crippen LogP contribution in [0.25, 0.3) is 0 Å². The van der Waals surface area contributed by atoms with Crippen LogP contribution >= 0.6 is 0 Å². The van der Waals surface area contributed by atoms with Crippen molar-refractivity contribution in [1.82, 2.24) is 15.5 Å². The Morgan fingerprint density at radius 1 is 1.30 bits per heavy atom. The second kappa shape index (κ2) is 12.8. The van der Waals surface area contributed by atoms with E-state index < -0.39 is 0 Å². The summed E-state index contributed by atoms with van der Waals surface area (Å²) in [5.41, 5.74) is 1.27. The molecule has 0 amide bonds. The normalized spacial score (nSPS) is 21.0. The number of rotatable bonds is 11. The predicted octanol–water partition coefficient (Wildman–Crippen LogP) is 2.58. The third kappa shape index (κ3) is 7.15. The van der Waals surface area contributed by atoms with Gasteiger partial charge in [0.05, 0.1) is 32.4 Å². The summed E-state index contributed by atoms with van der Waals surface area (Å²) in [5.74, 6) is 1.77. The standard InChI is InChI=1S/C23H38N4O3/c1-3-24-23(25-11-7-14-30-21-10-15-29-18-21)26-17-22(27-12-4-5-13-27)19-8-6-9-20(16-19)28-2/h6,8-9,16,21-22H,3-5,7,10-15,17-18H2,1-2H3,(H2,24,25,26). The Kier molecular flexibility index (Phi) is 9.73. The molecule has 2 aliphatic rings. The first-order valence-electron chi connectivity index (χ1n) is 11.4. The first-order valence-corrected chi connectivity index (χ1v) is 11.4. The molecule has 2 aliphatic heterocycles. The summed E-state index contributed by atoms with van der Waals surface area (Å²) in [7, 11) is 1.72. The highest BCUT2D eigenvalue weighted by molar-refractivity contribution is 5.79. The molecule has 2 heterocycles. The lowest BCUT2D eigenvalue weighted by atomic mass is 10.1. The zero-order valence-electron chi connectivity index (χ0n) is 18.6. The maximum atomic E-state index is 5.85. The van der Waals surface area contributed by atoms with Crippen molar-refractivity contribution in [3.05, 3.63) is 29.8 Å². The van der Waals surface area contributed by atoms with E-state index in [1.54, 1.807) is 7.11 Å². The van der Waals surface area contributed by atoms with Gasteiger partial charge in [0.25, 0.3) is 0 Å². The van der Waals surface area contributed by atoms with E-state index in [-0.39, 0.29) is 12.1 Å². The van der Waals surface area contributed by atoms with Crippen LogP contribution in [0.3, 0.4) is 0 Å². The summed E-state index contributed by atoms with van der Waals surface area (Å²) in [6, 6.07) is 8.66. The van der Waals surface area contributed by atoms with E-state index in [9.17, 15) is 0 Å². The van der Waals surface area contributed by atoms with Crippen molar-refractivity contribution in [3.63, 3.8) is 0 Å². The highest BCUT2D eigenvalue weighted by atomic mass is 16.5. The smallest absolute Gasteiger partial charge is 0.191 e. The fourth-order valence-corrected chi connectivity index (χ4v) is 4.03. The van der Waals surface area contributed by atoms with Crippen LogP contribution in [0.2, 0.25) is 0 Å². The summed E-state index contributed by atoms with van der Waals surface area (Å²) < 4.78 is 16.6. The molecule has 1 aromatic rings. The van der Waals surface area contributed by atoms with Gasteiger partial charge in [0.15, 0.2) is 5.96 Å². The van der Waals surface area contributed by atoms with Crippen molar-refractivity contribution in [2.45, 2.75) is 44.8 Å². The molecule has 30 heavy (non-hydrogen) atoms. The monoisotopic (exact) mass is 418 g/mol. The second-order valence-corrected chi connectivity index (χ2v) is 7.89. The van der Waals surface area contributed by atoms with Crippen molar-refractivity contribution < 1.29 is 14.2 Å². The van der Waals surface area contributed by atoms with Gasteiger partial charge in [-0.3, -0.25) is 9.89 Å². The molecule has 0 saturated carbocycles. The van der Waals surface area contributed by atoms with Gasteiger partial charge < -0.3 is 24.8 Å². The van der Waals surface area contributed by atoms with Crippen molar-refractivity contribution >= 4 is 5.96 Å². The molecule has 0 spiro atoms. The fourth-order valence-electron chi connectivity index (χ4n) is 4.03. The van der Waals surface area contributed by atoms with Crippen LogP contribution in [-0.4, -0.2) is 76.6 Å². The Labute approximate surface area is 181 Å². The number of hydrogen-bond donors (Lipinski definition) is 2. The van der Waals surface area contributed by atoms with Crippen molar-refractivity contribution in [2.24, 2.45) is 4.99 Å². The van der Waals surface area contributed by atoms with Crippen LogP contribution in [0.15, 0.2) is 29.3 Å². The van der Waals surface area contributed by atoms with Crippen molar-refractivity contribution in [1.29, 1.82) is 0 Å². The SMILES string of the molecule is CCNC(=NCC(c1cccc(OC)c1)N1CCCC1)NCCCOC1CCOC1. The molecule has 2 atom stereocenters. The number of benzene rings is 1. The molecule has 0 aliphatic carbocycles. The number of nitrogens with one attached hydrogen (secondary N) is 2. The lowest BCUT2D eigenvalue weighted by Crippen LogP contribution is -2.39. The molecule has 0 aromatic heterocycles. The Bertz CT molecular complexity index is 643. The third-order valence-electron chi connectivity index (χ3n) is 5.68. The highest BCUT2D eigenvalue weighted by Crippen LogP contribution is 2.27. The molecule has 1 aromatic carbocycles. The van der Waals surface area contributed by atoms with Gasteiger partial charge in [-0.25, -0.2) is 0 Å². The molecule has 2 N–H and O–H groups in total. The molecule has 7 nitrogen and oxygen atoms in total. The number of guanidine groups is 1. The minimum Gasteiger partial charge on any atom is -0.497 e. The topological polar surface area (TPSA) is 67.4 Å². The molecular weight excluding hydrogens is 380 g/mol. The molecule has 2 saturated heterocycles. The fraction of sp³-hybridized carbons (Fsp3) is 0.696. The highest BCUT2D eigenvalue weighted by Gasteiger charge is 2.24. The van der Waals surface area contributed by atoms with Gasteiger partial charge in [0.1, 0.15) is 5.75 Å². The summed E-state index contributed by atoms with van der Waals surface area (Å²) in [6.45, 7) is 9.07. The van der Waals surface area contributed by atoms with Gasteiger partial charge >= 0.3 is 0 Å². The number of hydrogen-bond acceptors (Lipinski definition) is 5.